The maximum absolute atomic E-state index is 11.7. The van der Waals surface area contributed by atoms with Crippen LogP contribution in [0.5, 0.6) is 0 Å². The molecule has 0 spiro atoms. The second-order valence-electron chi connectivity index (χ2n) is 5.27. The maximum Gasteiger partial charge on any atom is 0.250 e. The molecule has 0 heterocycles. The van der Waals surface area contributed by atoms with Crippen molar-refractivity contribution in [1.82, 2.24) is 0 Å². The van der Waals surface area contributed by atoms with E-state index in [-0.39, 0.29) is 12.5 Å². The van der Waals surface area contributed by atoms with Crippen molar-refractivity contribution in [3.8, 4) is 0 Å². The van der Waals surface area contributed by atoms with Gasteiger partial charge < -0.3 is 15.8 Å². The third-order valence-corrected chi connectivity index (χ3v) is 3.32. The zero-order valence-electron chi connectivity index (χ0n) is 13.1. The first-order valence-electron chi connectivity index (χ1n) is 7.93. The van der Waals surface area contributed by atoms with Gasteiger partial charge in [-0.25, -0.2) is 0 Å². The largest absolute Gasteiger partial charge is 0.372 e. The van der Waals surface area contributed by atoms with Gasteiger partial charge in [-0.05, 0) is 24.1 Å². The lowest BCUT2D eigenvalue weighted by Gasteiger charge is -2.07. The minimum absolute atomic E-state index is 0.113. The Balaban J connectivity index is 2.08. The second kappa shape index (κ2) is 11.3. The number of amides is 1. The summed E-state index contributed by atoms with van der Waals surface area (Å²) >= 11 is 0. The van der Waals surface area contributed by atoms with E-state index >= 15 is 0 Å². The number of benzene rings is 1. The first-order chi connectivity index (χ1) is 10.3. The summed E-state index contributed by atoms with van der Waals surface area (Å²) in [6, 6.07) is 7.55. The standard InChI is InChI=1S/C17H28N2O2/c1-2-3-4-5-6-7-11-21-14-17(20)19-16-10-8-9-15(12-16)13-18/h8-10,12H,2-7,11,13-14,18H2,1H3,(H,19,20). The highest BCUT2D eigenvalue weighted by atomic mass is 16.5. The number of unbranched alkanes of at least 4 members (excludes halogenated alkanes) is 5. The zero-order chi connectivity index (χ0) is 15.3. The molecule has 4 nitrogen and oxygen atoms in total. The normalized spacial score (nSPS) is 10.6. The van der Waals surface area contributed by atoms with Crippen LogP contribution in [-0.2, 0) is 16.1 Å². The van der Waals surface area contributed by atoms with Crippen LogP contribution in [0.1, 0.15) is 51.0 Å². The van der Waals surface area contributed by atoms with E-state index in [0.717, 1.165) is 17.7 Å². The van der Waals surface area contributed by atoms with Gasteiger partial charge >= 0.3 is 0 Å². The molecule has 0 saturated heterocycles. The van der Waals surface area contributed by atoms with Gasteiger partial charge in [0.25, 0.3) is 0 Å². The molecule has 1 aromatic rings. The topological polar surface area (TPSA) is 64.3 Å². The quantitative estimate of drug-likeness (QED) is 0.614. The average molecular weight is 292 g/mol. The number of carbonyl (C=O) groups is 1. The molecule has 1 rings (SSSR count). The first-order valence-corrected chi connectivity index (χ1v) is 7.93. The van der Waals surface area contributed by atoms with E-state index < -0.39 is 0 Å². The van der Waals surface area contributed by atoms with Gasteiger partial charge in [0.2, 0.25) is 5.91 Å². The summed E-state index contributed by atoms with van der Waals surface area (Å²) in [6.45, 7) is 3.45. The molecule has 4 heteroatoms. The predicted molar refractivity (Wildman–Crippen MR) is 87.2 cm³/mol. The van der Waals surface area contributed by atoms with Crippen LogP contribution < -0.4 is 11.1 Å². The van der Waals surface area contributed by atoms with E-state index in [0.29, 0.717) is 13.2 Å². The van der Waals surface area contributed by atoms with Crippen LogP contribution in [-0.4, -0.2) is 19.1 Å². The van der Waals surface area contributed by atoms with E-state index in [1.807, 2.05) is 24.3 Å². The van der Waals surface area contributed by atoms with Gasteiger partial charge in [-0.3, -0.25) is 4.79 Å². The van der Waals surface area contributed by atoms with Gasteiger partial charge in [0, 0.05) is 18.8 Å². The molecule has 1 aromatic carbocycles. The van der Waals surface area contributed by atoms with Crippen LogP contribution >= 0.6 is 0 Å². The smallest absolute Gasteiger partial charge is 0.250 e. The SMILES string of the molecule is CCCCCCCCOCC(=O)Nc1cccc(CN)c1. The van der Waals surface area contributed by atoms with E-state index in [1.54, 1.807) is 0 Å². The van der Waals surface area contributed by atoms with Crippen molar-refractivity contribution in [2.45, 2.75) is 52.0 Å². The Morgan fingerprint density at radius 2 is 1.95 bits per heavy atom. The van der Waals surface area contributed by atoms with Gasteiger partial charge in [0.05, 0.1) is 0 Å². The summed E-state index contributed by atoms with van der Waals surface area (Å²) in [5, 5.41) is 2.82. The number of hydrogen-bond donors (Lipinski definition) is 2. The summed E-state index contributed by atoms with van der Waals surface area (Å²) in [5.41, 5.74) is 7.34. The van der Waals surface area contributed by atoms with Crippen LogP contribution in [0.3, 0.4) is 0 Å². The van der Waals surface area contributed by atoms with E-state index in [1.165, 1.54) is 32.1 Å². The predicted octanol–water partition coefficient (Wildman–Crippen LogP) is 3.46. The van der Waals surface area contributed by atoms with Gasteiger partial charge in [-0.2, -0.15) is 0 Å². The van der Waals surface area contributed by atoms with Gasteiger partial charge in [-0.15, -0.1) is 0 Å². The molecule has 0 aliphatic heterocycles. The molecule has 0 aliphatic rings. The minimum Gasteiger partial charge on any atom is -0.372 e. The fourth-order valence-electron chi connectivity index (χ4n) is 2.12. The third kappa shape index (κ3) is 8.48. The molecule has 118 valence electrons. The van der Waals surface area contributed by atoms with Crippen LogP contribution in [0.15, 0.2) is 24.3 Å². The molecule has 0 radical (unpaired) electrons. The maximum atomic E-state index is 11.7. The fraction of sp³-hybridized carbons (Fsp3) is 0.588. The monoisotopic (exact) mass is 292 g/mol. The Bertz CT molecular complexity index is 408. The van der Waals surface area contributed by atoms with Crippen molar-refractivity contribution < 1.29 is 9.53 Å². The molecule has 0 saturated carbocycles. The summed E-state index contributed by atoms with van der Waals surface area (Å²) in [7, 11) is 0. The van der Waals surface area contributed by atoms with Gasteiger partial charge in [0.1, 0.15) is 6.61 Å². The molecule has 0 aliphatic carbocycles. The minimum atomic E-state index is -0.116. The number of nitrogens with two attached hydrogens (primary N) is 1. The van der Waals surface area contributed by atoms with Crippen molar-refractivity contribution in [2.75, 3.05) is 18.5 Å². The number of rotatable bonds is 11. The Kier molecular flexibility index (Phi) is 9.49. The highest BCUT2D eigenvalue weighted by Crippen LogP contribution is 2.10. The number of carbonyl (C=O) groups excluding carboxylic acids is 1. The number of anilines is 1. The molecule has 0 unspecified atom stereocenters. The van der Waals surface area contributed by atoms with Gasteiger partial charge in [-0.1, -0.05) is 51.2 Å². The molecule has 21 heavy (non-hydrogen) atoms. The molecule has 0 atom stereocenters. The van der Waals surface area contributed by atoms with E-state index in [9.17, 15) is 4.79 Å². The number of ether oxygens (including phenoxy) is 1. The summed E-state index contributed by atoms with van der Waals surface area (Å²) < 4.78 is 5.39. The van der Waals surface area contributed by atoms with Crippen LogP contribution in [0, 0.1) is 0 Å². The lowest BCUT2D eigenvalue weighted by Crippen LogP contribution is -2.18. The van der Waals surface area contributed by atoms with Crippen molar-refractivity contribution in [3.63, 3.8) is 0 Å². The Labute approximate surface area is 128 Å². The highest BCUT2D eigenvalue weighted by molar-refractivity contribution is 5.91. The molecule has 0 aromatic heterocycles. The molecular weight excluding hydrogens is 264 g/mol. The van der Waals surface area contributed by atoms with E-state index in [4.69, 9.17) is 10.5 Å². The summed E-state index contributed by atoms with van der Waals surface area (Å²) in [5.74, 6) is -0.116. The fourth-order valence-corrected chi connectivity index (χ4v) is 2.12. The summed E-state index contributed by atoms with van der Waals surface area (Å²) in [6.07, 6.45) is 7.34. The lowest BCUT2D eigenvalue weighted by atomic mass is 10.1. The number of nitrogens with one attached hydrogen (secondary N) is 1. The molecule has 1 amide bonds. The van der Waals surface area contributed by atoms with Crippen LogP contribution in [0.2, 0.25) is 0 Å². The third-order valence-electron chi connectivity index (χ3n) is 3.32. The Morgan fingerprint density at radius 1 is 1.19 bits per heavy atom. The van der Waals surface area contributed by atoms with Crippen molar-refractivity contribution >= 4 is 11.6 Å². The Hall–Kier alpha value is -1.39. The van der Waals surface area contributed by atoms with Crippen molar-refractivity contribution in [2.24, 2.45) is 5.73 Å². The van der Waals surface area contributed by atoms with Crippen molar-refractivity contribution in [3.05, 3.63) is 29.8 Å². The molecular formula is C17H28N2O2. The van der Waals surface area contributed by atoms with Gasteiger partial charge in [0.15, 0.2) is 0 Å². The summed E-state index contributed by atoms with van der Waals surface area (Å²) in [4.78, 5) is 11.7. The Morgan fingerprint density at radius 3 is 2.71 bits per heavy atom. The van der Waals surface area contributed by atoms with Crippen LogP contribution in [0.4, 0.5) is 5.69 Å². The molecule has 0 fully saturated rings. The highest BCUT2D eigenvalue weighted by Gasteiger charge is 2.03. The van der Waals surface area contributed by atoms with E-state index in [2.05, 4.69) is 12.2 Å². The van der Waals surface area contributed by atoms with Crippen LogP contribution in [0.25, 0.3) is 0 Å². The van der Waals surface area contributed by atoms with Crippen molar-refractivity contribution in [1.29, 1.82) is 0 Å². The molecule has 3 N–H and O–H groups in total. The number of hydrogen-bond acceptors (Lipinski definition) is 3. The average Bonchev–Trinajstić information content (AvgIpc) is 2.50. The second-order valence-corrected chi connectivity index (χ2v) is 5.27. The molecule has 0 bridgehead atoms. The first kappa shape index (κ1) is 17.7. The zero-order valence-corrected chi connectivity index (χ0v) is 13.1. The lowest BCUT2D eigenvalue weighted by molar-refractivity contribution is -0.120.